The Morgan fingerprint density at radius 3 is 2.76 bits per heavy atom. The maximum absolute atomic E-state index is 12.9. The van der Waals surface area contributed by atoms with Gasteiger partial charge in [-0.1, -0.05) is 19.4 Å². The van der Waals surface area contributed by atoms with Gasteiger partial charge in [-0.15, -0.1) is 35.3 Å². The van der Waals surface area contributed by atoms with Gasteiger partial charge in [0.2, 0.25) is 0 Å². The summed E-state index contributed by atoms with van der Waals surface area (Å²) in [6.45, 7) is 2.90. The van der Waals surface area contributed by atoms with Crippen LogP contribution in [0.25, 0.3) is 0 Å². The first-order valence-electron chi connectivity index (χ1n) is 8.44. The SMILES string of the molecule is CN=C(NCC(C)Cc1cccs1)NC1CCCC(C(F)(F)F)C1.I. The molecule has 3 unspecified atom stereocenters. The van der Waals surface area contributed by atoms with Crippen LogP contribution in [-0.4, -0.2) is 31.8 Å². The van der Waals surface area contributed by atoms with Crippen LogP contribution in [0.15, 0.2) is 22.5 Å². The van der Waals surface area contributed by atoms with Gasteiger partial charge in [0.1, 0.15) is 0 Å². The van der Waals surface area contributed by atoms with Crippen molar-refractivity contribution in [3.63, 3.8) is 0 Å². The highest BCUT2D eigenvalue weighted by atomic mass is 127. The van der Waals surface area contributed by atoms with Crippen molar-refractivity contribution in [3.8, 4) is 0 Å². The van der Waals surface area contributed by atoms with Gasteiger partial charge in [-0.2, -0.15) is 13.2 Å². The fraction of sp³-hybridized carbons (Fsp3) is 0.706. The minimum absolute atomic E-state index is 0. The van der Waals surface area contributed by atoms with Crippen LogP contribution in [0.3, 0.4) is 0 Å². The molecule has 3 nitrogen and oxygen atoms in total. The van der Waals surface area contributed by atoms with Crippen LogP contribution in [0.5, 0.6) is 0 Å². The molecule has 1 saturated carbocycles. The van der Waals surface area contributed by atoms with Crippen LogP contribution < -0.4 is 10.6 Å². The number of nitrogens with zero attached hydrogens (tertiary/aromatic N) is 1. The fourth-order valence-corrected chi connectivity index (χ4v) is 3.99. The first-order valence-corrected chi connectivity index (χ1v) is 9.32. The van der Waals surface area contributed by atoms with Crippen molar-refractivity contribution >= 4 is 41.3 Å². The largest absolute Gasteiger partial charge is 0.391 e. The van der Waals surface area contributed by atoms with E-state index in [0.29, 0.717) is 18.3 Å². The highest BCUT2D eigenvalue weighted by Crippen LogP contribution is 2.37. The Bertz CT molecular complexity index is 520. The Labute approximate surface area is 168 Å². The van der Waals surface area contributed by atoms with E-state index in [9.17, 15) is 13.2 Å². The molecule has 0 aromatic carbocycles. The Kier molecular flexibility index (Phi) is 9.55. The third-order valence-electron chi connectivity index (χ3n) is 4.45. The van der Waals surface area contributed by atoms with E-state index < -0.39 is 12.1 Å². The molecule has 3 atom stereocenters. The first-order chi connectivity index (χ1) is 11.4. The zero-order valence-electron chi connectivity index (χ0n) is 14.6. The van der Waals surface area contributed by atoms with E-state index in [-0.39, 0.29) is 42.9 Å². The Morgan fingerprint density at radius 2 is 2.16 bits per heavy atom. The lowest BCUT2D eigenvalue weighted by atomic mass is 9.85. The summed E-state index contributed by atoms with van der Waals surface area (Å²) in [5, 5.41) is 8.47. The Morgan fingerprint density at radius 1 is 1.40 bits per heavy atom. The number of hydrogen-bond acceptors (Lipinski definition) is 2. The number of rotatable bonds is 5. The molecule has 25 heavy (non-hydrogen) atoms. The van der Waals surface area contributed by atoms with Crippen LogP contribution in [0.2, 0.25) is 0 Å². The Balaban J connectivity index is 0.00000312. The van der Waals surface area contributed by atoms with Gasteiger partial charge in [0.25, 0.3) is 0 Å². The molecule has 0 spiro atoms. The second kappa shape index (κ2) is 10.6. The number of nitrogens with one attached hydrogen (secondary N) is 2. The summed E-state index contributed by atoms with van der Waals surface area (Å²) >= 11 is 1.74. The molecule has 1 aromatic heterocycles. The van der Waals surface area contributed by atoms with Crippen LogP contribution >= 0.6 is 35.3 Å². The number of aliphatic imine (C=N–C) groups is 1. The maximum Gasteiger partial charge on any atom is 0.391 e. The monoisotopic (exact) mass is 489 g/mol. The summed E-state index contributed by atoms with van der Waals surface area (Å²) in [5.74, 6) is -0.169. The number of guanidine groups is 1. The molecule has 0 amide bonds. The molecule has 1 heterocycles. The Hall–Kier alpha value is -0.510. The molecule has 2 N–H and O–H groups in total. The maximum atomic E-state index is 12.9. The second-order valence-corrected chi connectivity index (χ2v) is 7.62. The number of alkyl halides is 3. The number of halogens is 4. The van der Waals surface area contributed by atoms with Crippen LogP contribution in [-0.2, 0) is 6.42 Å². The third-order valence-corrected chi connectivity index (χ3v) is 5.35. The highest BCUT2D eigenvalue weighted by molar-refractivity contribution is 14.0. The van der Waals surface area contributed by atoms with Crippen molar-refractivity contribution in [2.24, 2.45) is 16.8 Å². The van der Waals surface area contributed by atoms with Gasteiger partial charge in [-0.05, 0) is 43.0 Å². The zero-order chi connectivity index (χ0) is 17.6. The van der Waals surface area contributed by atoms with Gasteiger partial charge in [0.05, 0.1) is 5.92 Å². The number of hydrogen-bond donors (Lipinski definition) is 2. The van der Waals surface area contributed by atoms with E-state index in [2.05, 4.69) is 34.0 Å². The molecular formula is C17H27F3IN3S. The predicted octanol–water partition coefficient (Wildman–Crippen LogP) is 4.83. The number of thiophene rings is 1. The van der Waals surface area contributed by atoms with Gasteiger partial charge in [-0.25, -0.2) is 0 Å². The van der Waals surface area contributed by atoms with E-state index in [0.717, 1.165) is 19.4 Å². The molecule has 1 aliphatic rings. The zero-order valence-corrected chi connectivity index (χ0v) is 17.8. The van der Waals surface area contributed by atoms with Crippen molar-refractivity contribution in [2.75, 3.05) is 13.6 Å². The van der Waals surface area contributed by atoms with Gasteiger partial charge < -0.3 is 10.6 Å². The first kappa shape index (κ1) is 22.5. The minimum atomic E-state index is -4.09. The third kappa shape index (κ3) is 7.72. The molecule has 0 bridgehead atoms. The van der Waals surface area contributed by atoms with Gasteiger partial charge in [-0.3, -0.25) is 4.99 Å². The predicted molar refractivity (Wildman–Crippen MR) is 109 cm³/mol. The van der Waals surface area contributed by atoms with Crippen molar-refractivity contribution < 1.29 is 13.2 Å². The molecule has 1 fully saturated rings. The average molecular weight is 489 g/mol. The quantitative estimate of drug-likeness (QED) is 0.353. The lowest BCUT2D eigenvalue weighted by Gasteiger charge is -2.32. The van der Waals surface area contributed by atoms with E-state index in [1.807, 2.05) is 6.07 Å². The smallest absolute Gasteiger partial charge is 0.356 e. The molecule has 0 aliphatic heterocycles. The summed E-state index contributed by atoms with van der Waals surface area (Å²) in [5.41, 5.74) is 0. The summed E-state index contributed by atoms with van der Waals surface area (Å²) in [6, 6.07) is 4.00. The fourth-order valence-electron chi connectivity index (χ4n) is 3.12. The van der Waals surface area contributed by atoms with Gasteiger partial charge in [0.15, 0.2) is 5.96 Å². The summed E-state index contributed by atoms with van der Waals surface area (Å²) in [4.78, 5) is 5.49. The van der Waals surface area contributed by atoms with Gasteiger partial charge >= 0.3 is 6.18 Å². The standard InChI is InChI=1S/C17H26F3N3S.HI/c1-12(9-15-7-4-8-24-15)11-22-16(21-2)23-14-6-3-5-13(10-14)17(18,19)20;/h4,7-8,12-14H,3,5-6,9-11H2,1-2H3,(H2,21,22,23);1H. The van der Waals surface area contributed by atoms with Gasteiger partial charge in [0, 0.05) is 24.5 Å². The van der Waals surface area contributed by atoms with Crippen LogP contribution in [0.4, 0.5) is 13.2 Å². The molecule has 8 heteroatoms. The van der Waals surface area contributed by atoms with Crippen molar-refractivity contribution in [2.45, 2.75) is 51.2 Å². The van der Waals surface area contributed by atoms with E-state index in [1.165, 1.54) is 4.88 Å². The van der Waals surface area contributed by atoms with E-state index in [1.54, 1.807) is 18.4 Å². The lowest BCUT2D eigenvalue weighted by molar-refractivity contribution is -0.183. The van der Waals surface area contributed by atoms with Crippen molar-refractivity contribution in [1.29, 1.82) is 0 Å². The van der Waals surface area contributed by atoms with E-state index >= 15 is 0 Å². The van der Waals surface area contributed by atoms with Crippen molar-refractivity contribution in [3.05, 3.63) is 22.4 Å². The minimum Gasteiger partial charge on any atom is -0.356 e. The summed E-state index contributed by atoms with van der Waals surface area (Å²) < 4.78 is 38.7. The molecule has 144 valence electrons. The molecule has 1 aromatic rings. The summed E-state index contributed by atoms with van der Waals surface area (Å²) in [6.07, 6.45) is -1.36. The molecule has 1 aliphatic carbocycles. The van der Waals surface area contributed by atoms with Crippen LogP contribution in [0, 0.1) is 11.8 Å². The topological polar surface area (TPSA) is 36.4 Å². The molecule has 2 rings (SSSR count). The normalized spacial score (nSPS) is 22.8. The van der Waals surface area contributed by atoms with E-state index in [4.69, 9.17) is 0 Å². The molecular weight excluding hydrogens is 462 g/mol. The van der Waals surface area contributed by atoms with Crippen molar-refractivity contribution in [1.82, 2.24) is 10.6 Å². The molecule has 0 saturated heterocycles. The lowest BCUT2D eigenvalue weighted by Crippen LogP contribution is -2.47. The highest BCUT2D eigenvalue weighted by Gasteiger charge is 2.42. The van der Waals surface area contributed by atoms with Crippen LogP contribution in [0.1, 0.15) is 37.5 Å². The second-order valence-electron chi connectivity index (χ2n) is 6.59. The average Bonchev–Trinajstić information content (AvgIpc) is 3.03. The molecule has 0 radical (unpaired) electrons. The summed E-state index contributed by atoms with van der Waals surface area (Å²) in [7, 11) is 1.66.